The Bertz CT molecular complexity index is 456. The van der Waals surface area contributed by atoms with Crippen LogP contribution in [0.15, 0.2) is 4.42 Å². The average molecular weight is 294 g/mol. The maximum atomic E-state index is 5.80. The van der Waals surface area contributed by atoms with Gasteiger partial charge in [-0.3, -0.25) is 4.90 Å². The number of hydrogen-bond donors (Lipinski definition) is 0. The van der Waals surface area contributed by atoms with Gasteiger partial charge in [-0.05, 0) is 19.8 Å². The van der Waals surface area contributed by atoms with Gasteiger partial charge >= 0.3 is 6.01 Å². The predicted molar refractivity (Wildman–Crippen MR) is 80.6 cm³/mol. The Morgan fingerprint density at radius 1 is 1.14 bits per heavy atom. The molecule has 2 aliphatic heterocycles. The lowest BCUT2D eigenvalue weighted by atomic mass is 10.0. The summed E-state index contributed by atoms with van der Waals surface area (Å²) in [5.41, 5.74) is 0. The van der Waals surface area contributed by atoms with E-state index >= 15 is 0 Å². The first-order chi connectivity index (χ1) is 10.1. The largest absolute Gasteiger partial charge is 0.408 e. The second-order valence-electron chi connectivity index (χ2n) is 6.46. The first kappa shape index (κ1) is 14.8. The molecular weight excluding hydrogens is 268 g/mol. The van der Waals surface area contributed by atoms with Gasteiger partial charge in [0, 0.05) is 50.8 Å². The van der Waals surface area contributed by atoms with E-state index in [1.165, 1.54) is 0 Å². The lowest BCUT2D eigenvalue weighted by Crippen LogP contribution is -2.56. The molecule has 3 rings (SSSR count). The van der Waals surface area contributed by atoms with E-state index in [2.05, 4.69) is 40.8 Å². The Labute approximate surface area is 126 Å². The van der Waals surface area contributed by atoms with Crippen LogP contribution in [0, 0.1) is 0 Å². The molecule has 1 aromatic rings. The number of hydrogen-bond acceptors (Lipinski definition) is 6. The molecule has 6 nitrogen and oxygen atoms in total. The van der Waals surface area contributed by atoms with Gasteiger partial charge in [0.15, 0.2) is 0 Å². The monoisotopic (exact) mass is 294 g/mol. The van der Waals surface area contributed by atoms with Gasteiger partial charge in [-0.15, -0.1) is 5.10 Å². The Morgan fingerprint density at radius 3 is 2.52 bits per heavy atom. The van der Waals surface area contributed by atoms with Gasteiger partial charge < -0.3 is 14.1 Å². The molecule has 0 saturated carbocycles. The Kier molecular flexibility index (Phi) is 4.45. The SMILES string of the molecule is CC(C)c1nnc(N2CCN(C3CCOCC3)C[C@H]2C)o1. The number of piperazine rings is 1. The van der Waals surface area contributed by atoms with E-state index in [1.54, 1.807) is 0 Å². The van der Waals surface area contributed by atoms with Crippen LogP contribution in [0.2, 0.25) is 0 Å². The smallest absolute Gasteiger partial charge is 0.318 e. The van der Waals surface area contributed by atoms with Crippen molar-refractivity contribution in [3.8, 4) is 0 Å². The highest BCUT2D eigenvalue weighted by Crippen LogP contribution is 2.24. The van der Waals surface area contributed by atoms with Gasteiger partial charge in [-0.1, -0.05) is 18.9 Å². The number of aromatic nitrogens is 2. The molecule has 2 fully saturated rings. The van der Waals surface area contributed by atoms with E-state index in [1.807, 2.05) is 0 Å². The molecule has 2 aliphatic rings. The van der Waals surface area contributed by atoms with Crippen LogP contribution < -0.4 is 4.90 Å². The lowest BCUT2D eigenvalue weighted by Gasteiger charge is -2.43. The third kappa shape index (κ3) is 3.21. The van der Waals surface area contributed by atoms with Crippen LogP contribution in [-0.2, 0) is 4.74 Å². The second-order valence-corrected chi connectivity index (χ2v) is 6.46. The average Bonchev–Trinajstić information content (AvgIpc) is 2.98. The van der Waals surface area contributed by atoms with Crippen LogP contribution in [0.3, 0.4) is 0 Å². The van der Waals surface area contributed by atoms with E-state index < -0.39 is 0 Å². The standard InChI is InChI=1S/C15H26N4O2/c1-11(2)14-16-17-15(21-14)19-7-6-18(10-12(19)3)13-4-8-20-9-5-13/h11-13H,4-10H2,1-3H3/t12-/m1/s1. The van der Waals surface area contributed by atoms with Crippen LogP contribution in [0.1, 0.15) is 45.4 Å². The molecule has 2 saturated heterocycles. The normalized spacial score (nSPS) is 25.7. The number of ether oxygens (including phenoxy) is 1. The molecule has 0 bridgehead atoms. The van der Waals surface area contributed by atoms with Crippen molar-refractivity contribution < 1.29 is 9.15 Å². The minimum absolute atomic E-state index is 0.282. The molecule has 0 amide bonds. The van der Waals surface area contributed by atoms with Crippen molar-refractivity contribution in [2.45, 2.75) is 51.6 Å². The van der Waals surface area contributed by atoms with Crippen molar-refractivity contribution in [2.24, 2.45) is 0 Å². The van der Waals surface area contributed by atoms with Crippen LogP contribution in [0.4, 0.5) is 6.01 Å². The summed E-state index contributed by atoms with van der Waals surface area (Å²) in [6, 6.07) is 1.76. The molecule has 6 heteroatoms. The fourth-order valence-electron chi connectivity index (χ4n) is 3.23. The molecule has 0 unspecified atom stereocenters. The summed E-state index contributed by atoms with van der Waals surface area (Å²) in [6.07, 6.45) is 2.32. The summed E-state index contributed by atoms with van der Waals surface area (Å²) < 4.78 is 11.3. The minimum Gasteiger partial charge on any atom is -0.408 e. The summed E-state index contributed by atoms with van der Waals surface area (Å²) in [6.45, 7) is 11.3. The number of anilines is 1. The third-order valence-corrected chi connectivity index (χ3v) is 4.54. The summed E-state index contributed by atoms with van der Waals surface area (Å²) in [7, 11) is 0. The highest BCUT2D eigenvalue weighted by Gasteiger charge is 2.31. The molecule has 0 spiro atoms. The Balaban J connectivity index is 1.62. The van der Waals surface area contributed by atoms with E-state index in [4.69, 9.17) is 9.15 Å². The van der Waals surface area contributed by atoms with Crippen LogP contribution in [-0.4, -0.2) is 60.0 Å². The fourth-order valence-corrected chi connectivity index (χ4v) is 3.23. The van der Waals surface area contributed by atoms with Crippen LogP contribution >= 0.6 is 0 Å². The van der Waals surface area contributed by atoms with Crippen molar-refractivity contribution in [1.82, 2.24) is 15.1 Å². The molecule has 1 atom stereocenters. The fraction of sp³-hybridized carbons (Fsp3) is 0.867. The van der Waals surface area contributed by atoms with Crippen LogP contribution in [0.5, 0.6) is 0 Å². The highest BCUT2D eigenvalue weighted by molar-refractivity contribution is 5.28. The minimum atomic E-state index is 0.282. The van der Waals surface area contributed by atoms with Crippen molar-refractivity contribution in [1.29, 1.82) is 0 Å². The van der Waals surface area contributed by atoms with Gasteiger partial charge in [-0.2, -0.15) is 0 Å². The molecule has 21 heavy (non-hydrogen) atoms. The summed E-state index contributed by atoms with van der Waals surface area (Å²) in [5.74, 6) is 1.01. The molecule has 118 valence electrons. The first-order valence-corrected chi connectivity index (χ1v) is 8.07. The molecule has 0 aromatic carbocycles. The maximum absolute atomic E-state index is 5.80. The quantitative estimate of drug-likeness (QED) is 0.848. The van der Waals surface area contributed by atoms with E-state index in [0.29, 0.717) is 18.1 Å². The van der Waals surface area contributed by atoms with Crippen molar-refractivity contribution in [3.05, 3.63) is 5.89 Å². The van der Waals surface area contributed by atoms with E-state index in [9.17, 15) is 0 Å². The highest BCUT2D eigenvalue weighted by atomic mass is 16.5. The summed E-state index contributed by atoms with van der Waals surface area (Å²) in [4.78, 5) is 4.85. The number of rotatable bonds is 3. The van der Waals surface area contributed by atoms with Gasteiger partial charge in [0.1, 0.15) is 0 Å². The third-order valence-electron chi connectivity index (χ3n) is 4.54. The van der Waals surface area contributed by atoms with Crippen molar-refractivity contribution >= 4 is 6.01 Å². The van der Waals surface area contributed by atoms with Gasteiger partial charge in [0.2, 0.25) is 5.89 Å². The molecule has 0 N–H and O–H groups in total. The number of nitrogens with zero attached hydrogens (tertiary/aromatic N) is 4. The molecule has 1 aromatic heterocycles. The second kappa shape index (κ2) is 6.32. The molecule has 0 aliphatic carbocycles. The molecule has 0 radical (unpaired) electrons. The van der Waals surface area contributed by atoms with E-state index in [-0.39, 0.29) is 5.92 Å². The van der Waals surface area contributed by atoms with Crippen molar-refractivity contribution in [3.63, 3.8) is 0 Å². The van der Waals surface area contributed by atoms with Gasteiger partial charge in [0.25, 0.3) is 0 Å². The van der Waals surface area contributed by atoms with Gasteiger partial charge in [0.05, 0.1) is 0 Å². The zero-order chi connectivity index (χ0) is 14.8. The first-order valence-electron chi connectivity index (χ1n) is 8.07. The zero-order valence-corrected chi connectivity index (χ0v) is 13.3. The molecular formula is C15H26N4O2. The van der Waals surface area contributed by atoms with Crippen LogP contribution in [0.25, 0.3) is 0 Å². The summed E-state index contributed by atoms with van der Waals surface area (Å²) in [5, 5.41) is 8.37. The summed E-state index contributed by atoms with van der Waals surface area (Å²) >= 11 is 0. The molecule has 3 heterocycles. The Hall–Kier alpha value is -1.14. The van der Waals surface area contributed by atoms with Crippen molar-refractivity contribution in [2.75, 3.05) is 37.7 Å². The Morgan fingerprint density at radius 2 is 1.90 bits per heavy atom. The van der Waals surface area contributed by atoms with E-state index in [0.717, 1.165) is 51.6 Å². The topological polar surface area (TPSA) is 54.6 Å². The van der Waals surface area contributed by atoms with Gasteiger partial charge in [-0.25, -0.2) is 0 Å². The zero-order valence-electron chi connectivity index (χ0n) is 13.3. The predicted octanol–water partition coefficient (Wildman–Crippen LogP) is 1.88. The lowest BCUT2D eigenvalue weighted by molar-refractivity contribution is 0.0275. The maximum Gasteiger partial charge on any atom is 0.318 e.